The van der Waals surface area contributed by atoms with Crippen LogP contribution in [0.25, 0.3) is 16.6 Å². The molecular weight excluding hydrogens is 358 g/mol. The van der Waals surface area contributed by atoms with Gasteiger partial charge >= 0.3 is 0 Å². The van der Waals surface area contributed by atoms with Crippen LogP contribution in [0.1, 0.15) is 22.6 Å². The summed E-state index contributed by atoms with van der Waals surface area (Å²) in [6, 6.07) is 12.6. The molecule has 136 valence electrons. The fourth-order valence-electron chi connectivity index (χ4n) is 2.68. The Bertz CT molecular complexity index is 1120. The number of fused-ring (bicyclic) bond motifs is 1. The van der Waals surface area contributed by atoms with Crippen LogP contribution < -0.4 is 5.32 Å². The minimum atomic E-state index is -2.96. The third-order valence-corrected chi connectivity index (χ3v) is 3.91. The van der Waals surface area contributed by atoms with Gasteiger partial charge in [0.15, 0.2) is 11.5 Å². The first kappa shape index (κ1) is 16.6. The standard InChI is InChI=1S/C17H12F2N6O2/c18-15(19)14-13(22-24-25(14)9-4-2-1-3-5-9)17(27)20-16-11-7-6-10(26)8-12(11)21-23-16/h1-8,15,26H,(H2,20,21,23,27). The number of nitrogens with one attached hydrogen (secondary N) is 2. The van der Waals surface area contributed by atoms with E-state index in [0.29, 0.717) is 16.6 Å². The number of aromatic nitrogens is 5. The van der Waals surface area contributed by atoms with E-state index in [2.05, 4.69) is 25.8 Å². The number of phenolic OH excluding ortho intramolecular Hbond substituents is 1. The predicted octanol–water partition coefficient (Wildman–Crippen LogP) is 3.04. The van der Waals surface area contributed by atoms with Gasteiger partial charge in [0.2, 0.25) is 0 Å². The molecule has 0 saturated heterocycles. The summed E-state index contributed by atoms with van der Waals surface area (Å²) in [5.74, 6) is -0.715. The van der Waals surface area contributed by atoms with E-state index in [4.69, 9.17) is 0 Å². The van der Waals surface area contributed by atoms with Gasteiger partial charge in [-0.25, -0.2) is 13.5 Å². The fraction of sp³-hybridized carbons (Fsp3) is 0.0588. The van der Waals surface area contributed by atoms with Gasteiger partial charge in [-0.2, -0.15) is 5.10 Å². The number of aromatic amines is 1. The van der Waals surface area contributed by atoms with Gasteiger partial charge in [-0.3, -0.25) is 9.89 Å². The van der Waals surface area contributed by atoms with Crippen LogP contribution in [0.5, 0.6) is 5.75 Å². The van der Waals surface area contributed by atoms with E-state index < -0.39 is 23.7 Å². The van der Waals surface area contributed by atoms with E-state index in [0.717, 1.165) is 4.68 Å². The summed E-state index contributed by atoms with van der Waals surface area (Å²) in [5, 5.41) is 26.3. The third kappa shape index (κ3) is 2.97. The lowest BCUT2D eigenvalue weighted by Crippen LogP contribution is -2.16. The smallest absolute Gasteiger partial charge is 0.282 e. The highest BCUT2D eigenvalue weighted by atomic mass is 19.3. The molecule has 8 nitrogen and oxygen atoms in total. The Labute approximate surface area is 150 Å². The van der Waals surface area contributed by atoms with Crippen LogP contribution in [0.3, 0.4) is 0 Å². The van der Waals surface area contributed by atoms with Crippen molar-refractivity contribution in [2.24, 2.45) is 0 Å². The Balaban J connectivity index is 1.70. The first-order valence-electron chi connectivity index (χ1n) is 7.82. The van der Waals surface area contributed by atoms with Crippen LogP contribution in [-0.4, -0.2) is 36.2 Å². The van der Waals surface area contributed by atoms with Crippen LogP contribution in [0.15, 0.2) is 48.5 Å². The number of halogens is 2. The highest BCUT2D eigenvalue weighted by Crippen LogP contribution is 2.27. The highest BCUT2D eigenvalue weighted by molar-refractivity contribution is 6.07. The molecule has 4 rings (SSSR count). The van der Waals surface area contributed by atoms with Gasteiger partial charge in [0.1, 0.15) is 11.4 Å². The zero-order chi connectivity index (χ0) is 19.0. The van der Waals surface area contributed by atoms with E-state index in [1.165, 1.54) is 12.1 Å². The molecule has 0 aliphatic heterocycles. The molecule has 0 spiro atoms. The number of rotatable bonds is 4. The molecule has 2 aromatic heterocycles. The molecule has 0 atom stereocenters. The van der Waals surface area contributed by atoms with E-state index in [1.54, 1.807) is 36.4 Å². The second kappa shape index (κ2) is 6.48. The molecule has 4 aromatic rings. The first-order valence-corrected chi connectivity index (χ1v) is 7.82. The second-order valence-electron chi connectivity index (χ2n) is 5.63. The van der Waals surface area contributed by atoms with E-state index in [1.807, 2.05) is 0 Å². The summed E-state index contributed by atoms with van der Waals surface area (Å²) in [7, 11) is 0. The molecule has 3 N–H and O–H groups in total. The number of phenols is 1. The van der Waals surface area contributed by atoms with Crippen molar-refractivity contribution >= 4 is 22.6 Å². The summed E-state index contributed by atoms with van der Waals surface area (Å²) < 4.78 is 28.2. The van der Waals surface area contributed by atoms with Gasteiger partial charge in [-0.15, -0.1) is 5.10 Å². The topological polar surface area (TPSA) is 109 Å². The first-order chi connectivity index (χ1) is 13.0. The maximum absolute atomic E-state index is 13.6. The van der Waals surface area contributed by atoms with Gasteiger partial charge in [0.25, 0.3) is 12.3 Å². The Kier molecular flexibility index (Phi) is 3.99. The number of benzene rings is 2. The third-order valence-electron chi connectivity index (χ3n) is 3.91. The van der Waals surface area contributed by atoms with Crippen molar-refractivity contribution < 1.29 is 18.7 Å². The normalized spacial score (nSPS) is 11.2. The van der Waals surface area contributed by atoms with Crippen molar-refractivity contribution in [3.63, 3.8) is 0 Å². The maximum atomic E-state index is 13.6. The maximum Gasteiger partial charge on any atom is 0.282 e. The van der Waals surface area contributed by atoms with Crippen molar-refractivity contribution in [3.05, 3.63) is 59.9 Å². The molecule has 27 heavy (non-hydrogen) atoms. The molecule has 2 aromatic carbocycles. The SMILES string of the molecule is O=C(Nc1n[nH]c2cc(O)ccc12)c1nnn(-c2ccccc2)c1C(F)F. The molecule has 0 fully saturated rings. The molecule has 2 heterocycles. The second-order valence-corrected chi connectivity index (χ2v) is 5.63. The molecule has 0 aliphatic carbocycles. The number of amides is 1. The number of alkyl halides is 2. The van der Waals surface area contributed by atoms with Crippen LogP contribution in [0.4, 0.5) is 14.6 Å². The Morgan fingerprint density at radius 2 is 1.96 bits per heavy atom. The number of para-hydroxylation sites is 1. The Morgan fingerprint density at radius 3 is 2.70 bits per heavy atom. The Morgan fingerprint density at radius 1 is 1.19 bits per heavy atom. The lowest BCUT2D eigenvalue weighted by atomic mass is 10.2. The predicted molar refractivity (Wildman–Crippen MR) is 92.0 cm³/mol. The number of anilines is 1. The number of aromatic hydroxyl groups is 1. The number of carbonyl (C=O) groups is 1. The van der Waals surface area contributed by atoms with Gasteiger partial charge in [0, 0.05) is 11.5 Å². The minimum Gasteiger partial charge on any atom is -0.508 e. The molecule has 0 radical (unpaired) electrons. The van der Waals surface area contributed by atoms with Gasteiger partial charge in [-0.05, 0) is 24.3 Å². The van der Waals surface area contributed by atoms with E-state index in [9.17, 15) is 18.7 Å². The minimum absolute atomic E-state index is 0.0230. The van der Waals surface area contributed by atoms with Crippen molar-refractivity contribution in [2.45, 2.75) is 6.43 Å². The number of H-pyrrole nitrogens is 1. The summed E-state index contributed by atoms with van der Waals surface area (Å²) in [6.45, 7) is 0. The number of carbonyl (C=O) groups excluding carboxylic acids is 1. The largest absolute Gasteiger partial charge is 0.508 e. The summed E-state index contributed by atoms with van der Waals surface area (Å²) in [4.78, 5) is 12.5. The van der Waals surface area contributed by atoms with Crippen LogP contribution in [-0.2, 0) is 0 Å². The average molecular weight is 370 g/mol. The molecule has 0 aliphatic rings. The fourth-order valence-corrected chi connectivity index (χ4v) is 2.68. The van der Waals surface area contributed by atoms with Crippen molar-refractivity contribution in [3.8, 4) is 11.4 Å². The van der Waals surface area contributed by atoms with Gasteiger partial charge in [-0.1, -0.05) is 23.4 Å². The quantitative estimate of drug-likeness (QED) is 0.512. The van der Waals surface area contributed by atoms with Crippen LogP contribution >= 0.6 is 0 Å². The number of nitrogens with zero attached hydrogens (tertiary/aromatic N) is 4. The van der Waals surface area contributed by atoms with Crippen molar-refractivity contribution in [1.29, 1.82) is 0 Å². The molecule has 0 bridgehead atoms. The van der Waals surface area contributed by atoms with Crippen molar-refractivity contribution in [2.75, 3.05) is 5.32 Å². The lowest BCUT2D eigenvalue weighted by Gasteiger charge is -2.07. The molecule has 10 heteroatoms. The number of hydrogen-bond acceptors (Lipinski definition) is 5. The van der Waals surface area contributed by atoms with E-state index in [-0.39, 0.29) is 11.6 Å². The average Bonchev–Trinajstić information content (AvgIpc) is 3.27. The molecule has 1 amide bonds. The summed E-state index contributed by atoms with van der Waals surface area (Å²) in [5.41, 5.74) is -0.271. The monoisotopic (exact) mass is 370 g/mol. The molecular formula is C17H12F2N6O2. The van der Waals surface area contributed by atoms with Gasteiger partial charge < -0.3 is 10.4 Å². The Hall–Kier alpha value is -3.82. The van der Waals surface area contributed by atoms with Crippen molar-refractivity contribution in [1.82, 2.24) is 25.2 Å². The summed E-state index contributed by atoms with van der Waals surface area (Å²) >= 11 is 0. The lowest BCUT2D eigenvalue weighted by molar-refractivity contribution is 0.1000. The zero-order valence-electron chi connectivity index (χ0n) is 13.6. The number of hydrogen-bond donors (Lipinski definition) is 3. The zero-order valence-corrected chi connectivity index (χ0v) is 13.6. The molecule has 0 unspecified atom stereocenters. The highest BCUT2D eigenvalue weighted by Gasteiger charge is 2.28. The van der Waals surface area contributed by atoms with Gasteiger partial charge in [0.05, 0.1) is 11.2 Å². The van der Waals surface area contributed by atoms with Crippen LogP contribution in [0, 0.1) is 0 Å². The van der Waals surface area contributed by atoms with Crippen LogP contribution in [0.2, 0.25) is 0 Å². The van der Waals surface area contributed by atoms with E-state index >= 15 is 0 Å². The summed E-state index contributed by atoms with van der Waals surface area (Å²) in [6.07, 6.45) is -2.96. The molecule has 0 saturated carbocycles.